The van der Waals surface area contributed by atoms with E-state index in [1.165, 1.54) is 12.1 Å². The molecule has 1 saturated heterocycles. The lowest BCUT2D eigenvalue weighted by Gasteiger charge is -2.44. The second-order valence-electron chi connectivity index (χ2n) is 9.06. The topological polar surface area (TPSA) is 44.8 Å². The third-order valence-electron chi connectivity index (χ3n) is 6.36. The van der Waals surface area contributed by atoms with Crippen LogP contribution >= 0.6 is 11.6 Å². The van der Waals surface area contributed by atoms with Crippen molar-refractivity contribution < 1.29 is 13.9 Å². The summed E-state index contributed by atoms with van der Waals surface area (Å²) in [5.41, 5.74) is 2.95. The van der Waals surface area contributed by atoms with Gasteiger partial charge < -0.3 is 15.0 Å². The summed E-state index contributed by atoms with van der Waals surface area (Å²) in [6, 6.07) is 22.2. The zero-order chi connectivity index (χ0) is 24.8. The predicted octanol–water partition coefficient (Wildman–Crippen LogP) is 5.59. The fourth-order valence-electron chi connectivity index (χ4n) is 4.39. The number of benzene rings is 3. The molecule has 1 aliphatic heterocycles. The Balaban J connectivity index is 1.34. The molecular weight excluding hydrogens is 465 g/mol. The summed E-state index contributed by atoms with van der Waals surface area (Å²) in [7, 11) is 0. The van der Waals surface area contributed by atoms with Crippen molar-refractivity contribution in [3.05, 3.63) is 94.8 Å². The number of nitrogens with zero attached hydrogens (tertiary/aromatic N) is 2. The quantitative estimate of drug-likeness (QED) is 0.442. The van der Waals surface area contributed by atoms with Crippen LogP contribution in [-0.4, -0.2) is 47.5 Å². The van der Waals surface area contributed by atoms with E-state index in [1.54, 1.807) is 6.07 Å². The van der Waals surface area contributed by atoms with E-state index in [9.17, 15) is 9.18 Å². The van der Waals surface area contributed by atoms with E-state index in [0.717, 1.165) is 29.9 Å². The summed E-state index contributed by atoms with van der Waals surface area (Å²) in [5.74, 6) is 0.370. The molecule has 0 spiro atoms. The van der Waals surface area contributed by atoms with E-state index in [2.05, 4.69) is 24.1 Å². The van der Waals surface area contributed by atoms with Crippen molar-refractivity contribution in [1.82, 2.24) is 9.80 Å². The summed E-state index contributed by atoms with van der Waals surface area (Å²) < 4.78 is 19.2. The minimum atomic E-state index is -0.231. The highest BCUT2D eigenvalue weighted by Gasteiger charge is 2.32. The van der Waals surface area contributed by atoms with Crippen molar-refractivity contribution in [2.75, 3.05) is 25.0 Å². The van der Waals surface area contributed by atoms with Gasteiger partial charge in [-0.25, -0.2) is 4.39 Å². The Labute approximate surface area is 211 Å². The summed E-state index contributed by atoms with van der Waals surface area (Å²) >= 11 is 6.22. The van der Waals surface area contributed by atoms with Gasteiger partial charge in [0.05, 0.1) is 0 Å². The molecule has 35 heavy (non-hydrogen) atoms. The molecule has 2 atom stereocenters. The zero-order valence-electron chi connectivity index (χ0n) is 20.1. The second kappa shape index (κ2) is 11.6. The van der Waals surface area contributed by atoms with E-state index < -0.39 is 0 Å². The molecule has 5 nitrogen and oxygen atoms in total. The van der Waals surface area contributed by atoms with Crippen LogP contribution in [0.15, 0.2) is 72.8 Å². The lowest BCUT2D eigenvalue weighted by molar-refractivity contribution is -0.139. The molecule has 7 heteroatoms. The number of halogens is 2. The maximum Gasteiger partial charge on any atom is 0.260 e. The van der Waals surface area contributed by atoms with Gasteiger partial charge in [-0.05, 0) is 61.9 Å². The molecule has 1 heterocycles. The van der Waals surface area contributed by atoms with Gasteiger partial charge in [-0.1, -0.05) is 41.9 Å². The van der Waals surface area contributed by atoms with E-state index >= 15 is 0 Å². The fraction of sp³-hybridized carbons (Fsp3) is 0.321. The maximum atomic E-state index is 13.2. The number of rotatable bonds is 8. The monoisotopic (exact) mass is 495 g/mol. The number of para-hydroxylation sites is 1. The molecule has 1 aliphatic rings. The van der Waals surface area contributed by atoms with E-state index in [-0.39, 0.29) is 30.4 Å². The third-order valence-corrected chi connectivity index (χ3v) is 6.60. The fourth-order valence-corrected chi connectivity index (χ4v) is 4.59. The predicted molar refractivity (Wildman–Crippen MR) is 138 cm³/mol. The van der Waals surface area contributed by atoms with Gasteiger partial charge in [-0.15, -0.1) is 0 Å². The second-order valence-corrected chi connectivity index (χ2v) is 9.50. The first-order valence-corrected chi connectivity index (χ1v) is 12.2. The molecule has 0 aromatic heterocycles. The van der Waals surface area contributed by atoms with Gasteiger partial charge >= 0.3 is 0 Å². The SMILES string of the molecule is C[C@@H]1CN(C(=O)COc2ccc(Cl)cc2CNc2ccccc2)[C@@H](C)CN1Cc1ccc(F)cc1. The summed E-state index contributed by atoms with van der Waals surface area (Å²) in [4.78, 5) is 17.3. The number of hydrogen-bond acceptors (Lipinski definition) is 4. The lowest BCUT2D eigenvalue weighted by atomic mass is 10.1. The molecule has 0 aliphatic carbocycles. The van der Waals surface area contributed by atoms with Gasteiger partial charge in [0.25, 0.3) is 5.91 Å². The van der Waals surface area contributed by atoms with Crippen LogP contribution in [0, 0.1) is 5.82 Å². The zero-order valence-corrected chi connectivity index (χ0v) is 20.8. The number of ether oxygens (including phenoxy) is 1. The van der Waals surface area contributed by atoms with Crippen molar-refractivity contribution in [2.24, 2.45) is 0 Å². The average Bonchev–Trinajstić information content (AvgIpc) is 2.86. The molecule has 0 bridgehead atoms. The Morgan fingerprint density at radius 3 is 2.51 bits per heavy atom. The minimum Gasteiger partial charge on any atom is -0.483 e. The van der Waals surface area contributed by atoms with E-state index in [1.807, 2.05) is 59.5 Å². The Kier molecular flexibility index (Phi) is 8.26. The number of piperazine rings is 1. The molecule has 4 rings (SSSR count). The van der Waals surface area contributed by atoms with Crippen molar-refractivity contribution in [1.29, 1.82) is 0 Å². The van der Waals surface area contributed by atoms with Gasteiger partial charge in [0.15, 0.2) is 6.61 Å². The number of hydrogen-bond donors (Lipinski definition) is 1. The minimum absolute atomic E-state index is 0.0327. The van der Waals surface area contributed by atoms with Crippen molar-refractivity contribution >= 4 is 23.2 Å². The normalized spacial score (nSPS) is 18.3. The van der Waals surface area contributed by atoms with Crippen molar-refractivity contribution in [3.63, 3.8) is 0 Å². The Morgan fingerprint density at radius 2 is 1.77 bits per heavy atom. The molecule has 3 aromatic carbocycles. The number of nitrogens with one attached hydrogen (secondary N) is 1. The molecule has 1 amide bonds. The van der Waals surface area contributed by atoms with Crippen LogP contribution in [0.1, 0.15) is 25.0 Å². The van der Waals surface area contributed by atoms with E-state index in [4.69, 9.17) is 16.3 Å². The molecule has 0 saturated carbocycles. The van der Waals surface area contributed by atoms with Crippen molar-refractivity contribution in [3.8, 4) is 5.75 Å². The summed E-state index contributed by atoms with van der Waals surface area (Å²) in [6.07, 6.45) is 0. The first-order chi connectivity index (χ1) is 16.9. The van der Waals surface area contributed by atoms with Crippen LogP contribution in [0.4, 0.5) is 10.1 Å². The molecule has 1 fully saturated rings. The first-order valence-electron chi connectivity index (χ1n) is 11.9. The Morgan fingerprint density at radius 1 is 1.03 bits per heavy atom. The van der Waals surface area contributed by atoms with Crippen LogP contribution < -0.4 is 10.1 Å². The molecule has 0 unspecified atom stereocenters. The molecular formula is C28H31ClFN3O2. The highest BCUT2D eigenvalue weighted by atomic mass is 35.5. The van der Waals surface area contributed by atoms with Crippen LogP contribution in [0.5, 0.6) is 5.75 Å². The molecule has 1 N–H and O–H groups in total. The average molecular weight is 496 g/mol. The summed E-state index contributed by atoms with van der Waals surface area (Å²) in [6.45, 7) is 6.76. The van der Waals surface area contributed by atoms with Crippen LogP contribution in [-0.2, 0) is 17.9 Å². The summed E-state index contributed by atoms with van der Waals surface area (Å²) in [5, 5.41) is 3.98. The number of carbonyl (C=O) groups is 1. The van der Waals surface area contributed by atoms with Gasteiger partial charge in [0.2, 0.25) is 0 Å². The van der Waals surface area contributed by atoms with Gasteiger partial charge in [0.1, 0.15) is 11.6 Å². The van der Waals surface area contributed by atoms with E-state index in [0.29, 0.717) is 23.9 Å². The lowest BCUT2D eigenvalue weighted by Crippen LogP contribution is -2.58. The standard InChI is InChI=1S/C28H31ClFN3O2/c1-20-17-33(21(2)16-32(20)18-22-8-11-25(30)12-9-22)28(34)19-35-27-13-10-24(29)14-23(27)15-31-26-6-4-3-5-7-26/h3-14,20-21,31H,15-19H2,1-2H3/t20-,21+/m1/s1. The molecule has 184 valence electrons. The smallest absolute Gasteiger partial charge is 0.260 e. The largest absolute Gasteiger partial charge is 0.483 e. The molecule has 3 aromatic rings. The number of carbonyl (C=O) groups excluding carboxylic acids is 1. The van der Waals surface area contributed by atoms with Crippen LogP contribution in [0.25, 0.3) is 0 Å². The Hall–Kier alpha value is -3.09. The van der Waals surface area contributed by atoms with Gasteiger partial charge in [0, 0.05) is 54.5 Å². The van der Waals surface area contributed by atoms with Crippen LogP contribution in [0.2, 0.25) is 5.02 Å². The maximum absolute atomic E-state index is 13.2. The highest BCUT2D eigenvalue weighted by Crippen LogP contribution is 2.25. The third kappa shape index (κ3) is 6.74. The first kappa shape index (κ1) is 25.0. The Bertz CT molecular complexity index is 1130. The van der Waals surface area contributed by atoms with Gasteiger partial charge in [-0.2, -0.15) is 0 Å². The number of amides is 1. The molecule has 0 radical (unpaired) electrons. The van der Waals surface area contributed by atoms with Gasteiger partial charge in [-0.3, -0.25) is 9.69 Å². The van der Waals surface area contributed by atoms with Crippen molar-refractivity contribution in [2.45, 2.75) is 39.0 Å². The van der Waals surface area contributed by atoms with Crippen LogP contribution in [0.3, 0.4) is 0 Å². The highest BCUT2D eigenvalue weighted by molar-refractivity contribution is 6.30. The number of anilines is 1.